The Morgan fingerprint density at radius 3 is 2.62 bits per heavy atom. The van der Waals surface area contributed by atoms with Gasteiger partial charge in [0.05, 0.1) is 11.4 Å². The van der Waals surface area contributed by atoms with Crippen LogP contribution in [-0.2, 0) is 10.2 Å². The van der Waals surface area contributed by atoms with Crippen molar-refractivity contribution in [3.05, 3.63) is 34.8 Å². The molecular formula is C12H12FN3O3S2. The molecule has 0 atom stereocenters. The lowest BCUT2D eigenvalue weighted by atomic mass is 10.1. The number of anilines is 1. The Morgan fingerprint density at radius 1 is 1.33 bits per heavy atom. The Morgan fingerprint density at radius 2 is 2.00 bits per heavy atom. The molecule has 0 fully saturated rings. The largest absolute Gasteiger partial charge is 0.334 e. The summed E-state index contributed by atoms with van der Waals surface area (Å²) in [5, 5.41) is 6.25. The quantitative estimate of drug-likeness (QED) is 0.871. The van der Waals surface area contributed by atoms with E-state index in [1.54, 1.807) is 0 Å². The van der Waals surface area contributed by atoms with Crippen molar-refractivity contribution in [2.24, 2.45) is 0 Å². The first kappa shape index (κ1) is 15.5. The Kier molecular flexibility index (Phi) is 4.33. The van der Waals surface area contributed by atoms with E-state index in [1.807, 2.05) is 13.8 Å². The molecule has 6 nitrogen and oxygen atoms in total. The summed E-state index contributed by atoms with van der Waals surface area (Å²) in [4.78, 5) is 11.9. The number of nitrogens with zero attached hydrogens (tertiary/aromatic N) is 2. The minimum absolute atomic E-state index is 0.00958. The average Bonchev–Trinajstić information content (AvgIpc) is 2.87. The van der Waals surface area contributed by atoms with Crippen molar-refractivity contribution < 1.29 is 17.1 Å². The molecule has 0 aliphatic heterocycles. The van der Waals surface area contributed by atoms with Gasteiger partial charge in [0.1, 0.15) is 9.77 Å². The number of nitrogens with one attached hydrogen (secondary N) is 1. The second-order valence-corrected chi connectivity index (χ2v) is 6.60. The van der Waals surface area contributed by atoms with Gasteiger partial charge in [0.25, 0.3) is 5.91 Å². The van der Waals surface area contributed by atoms with Gasteiger partial charge in [0.2, 0.25) is 0 Å². The Labute approximate surface area is 125 Å². The van der Waals surface area contributed by atoms with Crippen LogP contribution in [0.3, 0.4) is 0 Å². The number of para-hydroxylation sites is 1. The molecule has 1 heterocycles. The predicted molar refractivity (Wildman–Crippen MR) is 76.7 cm³/mol. The van der Waals surface area contributed by atoms with Crippen LogP contribution in [0.2, 0.25) is 0 Å². The van der Waals surface area contributed by atoms with Crippen molar-refractivity contribution in [1.82, 2.24) is 9.59 Å². The van der Waals surface area contributed by atoms with Gasteiger partial charge in [-0.25, -0.2) is 0 Å². The van der Waals surface area contributed by atoms with E-state index in [1.165, 1.54) is 18.2 Å². The molecule has 0 saturated heterocycles. The third-order valence-corrected chi connectivity index (χ3v) is 4.29. The van der Waals surface area contributed by atoms with Crippen molar-refractivity contribution in [3.8, 4) is 0 Å². The molecule has 2 aromatic rings. The number of benzene rings is 1. The third-order valence-electron chi connectivity index (χ3n) is 2.66. The normalized spacial score (nSPS) is 11.6. The van der Waals surface area contributed by atoms with Gasteiger partial charge in [0, 0.05) is 0 Å². The second-order valence-electron chi connectivity index (χ2n) is 4.53. The van der Waals surface area contributed by atoms with Crippen molar-refractivity contribution in [2.45, 2.75) is 24.7 Å². The Hall–Kier alpha value is -1.87. The molecule has 0 bridgehead atoms. The monoisotopic (exact) mass is 329 g/mol. The second kappa shape index (κ2) is 5.86. The van der Waals surface area contributed by atoms with Crippen LogP contribution >= 0.6 is 11.5 Å². The number of amides is 1. The molecule has 1 amide bonds. The number of aromatic nitrogens is 2. The molecule has 1 aromatic heterocycles. The molecule has 0 spiro atoms. The fourth-order valence-corrected chi connectivity index (χ4v) is 3.03. The fourth-order valence-electron chi connectivity index (χ4n) is 1.69. The molecule has 1 aromatic carbocycles. The maximum absolute atomic E-state index is 13.2. The van der Waals surface area contributed by atoms with E-state index in [4.69, 9.17) is 0 Å². The highest BCUT2D eigenvalue weighted by Gasteiger charge is 2.22. The van der Waals surface area contributed by atoms with Crippen LogP contribution in [0.4, 0.5) is 9.57 Å². The highest BCUT2D eigenvalue weighted by Crippen LogP contribution is 2.25. The SMILES string of the molecule is CC(C)c1nnsc1C(=O)Nc1ccccc1S(=O)(=O)F. The summed E-state index contributed by atoms with van der Waals surface area (Å²) >= 11 is 0.902. The summed E-state index contributed by atoms with van der Waals surface area (Å²) in [5.41, 5.74) is 0.395. The molecule has 0 aliphatic rings. The molecule has 0 unspecified atom stereocenters. The highest BCUT2D eigenvalue weighted by atomic mass is 32.3. The van der Waals surface area contributed by atoms with Gasteiger partial charge in [-0.05, 0) is 29.6 Å². The molecule has 1 N–H and O–H groups in total. The van der Waals surface area contributed by atoms with Crippen LogP contribution in [0.1, 0.15) is 35.1 Å². The first-order chi connectivity index (χ1) is 9.80. The van der Waals surface area contributed by atoms with Crippen LogP contribution in [0.25, 0.3) is 0 Å². The highest BCUT2D eigenvalue weighted by molar-refractivity contribution is 7.86. The summed E-state index contributed by atoms with van der Waals surface area (Å²) < 4.78 is 39.0. The van der Waals surface area contributed by atoms with Crippen molar-refractivity contribution in [2.75, 3.05) is 5.32 Å². The summed E-state index contributed by atoms with van der Waals surface area (Å²) in [6, 6.07) is 5.27. The van der Waals surface area contributed by atoms with Gasteiger partial charge in [-0.3, -0.25) is 4.79 Å². The number of carbonyl (C=O) groups excluding carboxylic acids is 1. The first-order valence-corrected chi connectivity index (χ1v) is 8.13. The molecule has 0 saturated carbocycles. The first-order valence-electron chi connectivity index (χ1n) is 5.98. The van der Waals surface area contributed by atoms with Crippen LogP contribution in [0.15, 0.2) is 29.2 Å². The average molecular weight is 329 g/mol. The fraction of sp³-hybridized carbons (Fsp3) is 0.250. The maximum atomic E-state index is 13.2. The van der Waals surface area contributed by atoms with Crippen molar-refractivity contribution in [3.63, 3.8) is 0 Å². The zero-order valence-corrected chi connectivity index (χ0v) is 12.8. The molecule has 112 valence electrons. The molecule has 0 radical (unpaired) electrons. The Bertz CT molecular complexity index is 772. The predicted octanol–water partition coefficient (Wildman–Crippen LogP) is 2.57. The van der Waals surface area contributed by atoms with Gasteiger partial charge in [-0.15, -0.1) is 8.98 Å². The zero-order chi connectivity index (χ0) is 15.6. The van der Waals surface area contributed by atoms with Crippen molar-refractivity contribution in [1.29, 1.82) is 0 Å². The summed E-state index contributed by atoms with van der Waals surface area (Å²) in [7, 11) is -4.92. The van der Waals surface area contributed by atoms with E-state index in [0.29, 0.717) is 5.69 Å². The van der Waals surface area contributed by atoms with E-state index in [0.717, 1.165) is 17.6 Å². The number of carbonyl (C=O) groups is 1. The van der Waals surface area contributed by atoms with E-state index >= 15 is 0 Å². The summed E-state index contributed by atoms with van der Waals surface area (Å²) in [5.74, 6) is -0.575. The van der Waals surface area contributed by atoms with Gasteiger partial charge in [-0.1, -0.05) is 30.5 Å². The van der Waals surface area contributed by atoms with Crippen molar-refractivity contribution >= 4 is 33.4 Å². The van der Waals surface area contributed by atoms with E-state index in [2.05, 4.69) is 14.9 Å². The minimum atomic E-state index is -4.92. The lowest BCUT2D eigenvalue weighted by Crippen LogP contribution is -2.14. The van der Waals surface area contributed by atoms with Crippen LogP contribution in [-0.4, -0.2) is 23.9 Å². The maximum Gasteiger partial charge on any atom is 0.334 e. The standard InChI is InChI=1S/C12H12FN3O3S2/c1-7(2)10-11(20-16-15-10)12(17)14-8-5-3-4-6-9(8)21(13,18)19/h3-7H,1-2H3,(H,14,17). The number of halogens is 1. The topological polar surface area (TPSA) is 89.0 Å². The van der Waals surface area contributed by atoms with E-state index in [-0.39, 0.29) is 16.5 Å². The van der Waals surface area contributed by atoms with E-state index in [9.17, 15) is 17.1 Å². The third kappa shape index (κ3) is 3.42. The van der Waals surface area contributed by atoms with Gasteiger partial charge < -0.3 is 5.32 Å². The molecule has 2 rings (SSSR count). The zero-order valence-electron chi connectivity index (χ0n) is 11.2. The lowest BCUT2D eigenvalue weighted by Gasteiger charge is -2.08. The number of hydrogen-bond donors (Lipinski definition) is 1. The van der Waals surface area contributed by atoms with Gasteiger partial charge in [0.15, 0.2) is 0 Å². The number of rotatable bonds is 4. The lowest BCUT2D eigenvalue weighted by molar-refractivity contribution is 0.102. The summed E-state index contributed by atoms with van der Waals surface area (Å²) in [6.07, 6.45) is 0. The van der Waals surface area contributed by atoms with Gasteiger partial charge in [-0.2, -0.15) is 8.42 Å². The smallest absolute Gasteiger partial charge is 0.320 e. The van der Waals surface area contributed by atoms with Gasteiger partial charge >= 0.3 is 10.2 Å². The molecular weight excluding hydrogens is 317 g/mol. The molecule has 9 heteroatoms. The number of hydrogen-bond acceptors (Lipinski definition) is 6. The van der Waals surface area contributed by atoms with Crippen LogP contribution in [0, 0.1) is 0 Å². The van der Waals surface area contributed by atoms with Crippen LogP contribution in [0.5, 0.6) is 0 Å². The van der Waals surface area contributed by atoms with E-state index < -0.39 is 21.0 Å². The molecule has 21 heavy (non-hydrogen) atoms. The minimum Gasteiger partial charge on any atom is -0.320 e. The van der Waals surface area contributed by atoms with Crippen LogP contribution < -0.4 is 5.32 Å². The molecule has 0 aliphatic carbocycles. The summed E-state index contributed by atoms with van der Waals surface area (Å²) in [6.45, 7) is 3.71. The Balaban J connectivity index is 2.35.